The Hall–Kier alpha value is -2.54. The Labute approximate surface area is 194 Å². The quantitative estimate of drug-likeness (QED) is 0.501. The van der Waals surface area contributed by atoms with E-state index in [0.29, 0.717) is 5.69 Å². The Morgan fingerprint density at radius 1 is 1.27 bits per heavy atom. The Morgan fingerprint density at radius 3 is 2.42 bits per heavy atom. The number of benzene rings is 1. The van der Waals surface area contributed by atoms with Gasteiger partial charge in [0.25, 0.3) is 10.0 Å². The molecule has 1 heterocycles. The number of methoxy groups -OCH3 is 1. The number of nitrogens with zero attached hydrogens (tertiary/aromatic N) is 4. The van der Waals surface area contributed by atoms with Gasteiger partial charge in [-0.05, 0) is 31.2 Å². The van der Waals surface area contributed by atoms with Gasteiger partial charge in [0.05, 0.1) is 25.1 Å². The first-order valence-corrected chi connectivity index (χ1v) is 11.8. The standard InChI is InChI=1S/C21H32FN5O5S/c1-15(19(32-5)11-26(4)33(30,31)20-12-25(3)14-23-20)10-27(16(2)13-28)21(29)24-18-8-6-17(22)7-9-18/h6-9,12,14-16,19,28H,10-11,13H2,1-5H3,(H,24,29)/t15-,16-,19+/m0/s1. The number of aryl methyl sites for hydroxylation is 1. The van der Waals surface area contributed by atoms with Crippen LogP contribution in [-0.2, 0) is 21.8 Å². The average Bonchev–Trinajstić information content (AvgIpc) is 3.23. The number of hydrogen-bond donors (Lipinski definition) is 2. The van der Waals surface area contributed by atoms with Crippen molar-refractivity contribution in [2.24, 2.45) is 13.0 Å². The zero-order valence-electron chi connectivity index (χ0n) is 19.5. The van der Waals surface area contributed by atoms with Gasteiger partial charge in [0, 0.05) is 52.1 Å². The van der Waals surface area contributed by atoms with E-state index in [1.54, 1.807) is 18.5 Å². The molecule has 184 valence electrons. The van der Waals surface area contributed by atoms with Gasteiger partial charge < -0.3 is 24.6 Å². The number of halogens is 1. The molecule has 0 aliphatic carbocycles. The van der Waals surface area contributed by atoms with Crippen LogP contribution in [0.4, 0.5) is 14.9 Å². The van der Waals surface area contributed by atoms with Crippen molar-refractivity contribution in [3.8, 4) is 0 Å². The lowest BCUT2D eigenvalue weighted by Gasteiger charge is -2.34. The molecule has 0 spiro atoms. The van der Waals surface area contributed by atoms with Gasteiger partial charge in [-0.3, -0.25) is 0 Å². The number of ether oxygens (including phenoxy) is 1. The summed E-state index contributed by atoms with van der Waals surface area (Å²) in [6.45, 7) is 3.48. The van der Waals surface area contributed by atoms with Crippen molar-refractivity contribution < 1.29 is 27.4 Å². The minimum absolute atomic E-state index is 0.0392. The van der Waals surface area contributed by atoms with Crippen molar-refractivity contribution in [2.45, 2.75) is 31.0 Å². The van der Waals surface area contributed by atoms with E-state index in [2.05, 4.69) is 10.3 Å². The Morgan fingerprint density at radius 2 is 1.91 bits per heavy atom. The zero-order valence-corrected chi connectivity index (χ0v) is 20.3. The van der Waals surface area contributed by atoms with Crippen molar-refractivity contribution in [1.82, 2.24) is 18.8 Å². The summed E-state index contributed by atoms with van der Waals surface area (Å²) < 4.78 is 47.0. The molecule has 1 aromatic carbocycles. The summed E-state index contributed by atoms with van der Waals surface area (Å²) in [5, 5.41) is 12.3. The minimum atomic E-state index is -3.81. The van der Waals surface area contributed by atoms with Crippen molar-refractivity contribution in [1.29, 1.82) is 0 Å². The smallest absolute Gasteiger partial charge is 0.322 e. The molecule has 0 aliphatic heterocycles. The summed E-state index contributed by atoms with van der Waals surface area (Å²) in [4.78, 5) is 18.2. The average molecular weight is 486 g/mol. The molecule has 0 bridgehead atoms. The van der Waals surface area contributed by atoms with Crippen LogP contribution >= 0.6 is 0 Å². The maximum absolute atomic E-state index is 13.1. The summed E-state index contributed by atoms with van der Waals surface area (Å²) >= 11 is 0. The van der Waals surface area contributed by atoms with E-state index < -0.39 is 34.0 Å². The van der Waals surface area contributed by atoms with Gasteiger partial charge in [0.1, 0.15) is 5.82 Å². The van der Waals surface area contributed by atoms with Gasteiger partial charge in [-0.25, -0.2) is 22.6 Å². The second kappa shape index (κ2) is 11.5. The van der Waals surface area contributed by atoms with Crippen LogP contribution in [0.2, 0.25) is 0 Å². The summed E-state index contributed by atoms with van der Waals surface area (Å²) in [7, 11) is 0.787. The number of carbonyl (C=O) groups excluding carboxylic acids is 1. The third kappa shape index (κ3) is 6.97. The lowest BCUT2D eigenvalue weighted by Crippen LogP contribution is -2.48. The normalized spacial score (nSPS) is 14.7. The number of aliphatic hydroxyl groups excluding tert-OH is 1. The van der Waals surface area contributed by atoms with Crippen LogP contribution in [-0.4, -0.2) is 84.3 Å². The van der Waals surface area contributed by atoms with Gasteiger partial charge in [0.2, 0.25) is 0 Å². The number of imidazole rings is 1. The maximum Gasteiger partial charge on any atom is 0.322 e. The third-order valence-electron chi connectivity index (χ3n) is 5.37. The number of nitrogens with one attached hydrogen (secondary N) is 1. The number of sulfonamides is 1. The van der Waals surface area contributed by atoms with Crippen molar-refractivity contribution in [3.63, 3.8) is 0 Å². The van der Waals surface area contributed by atoms with E-state index >= 15 is 0 Å². The molecule has 0 saturated carbocycles. The second-order valence-electron chi connectivity index (χ2n) is 8.04. The van der Waals surface area contributed by atoms with E-state index in [9.17, 15) is 22.7 Å². The highest BCUT2D eigenvalue weighted by Gasteiger charge is 2.31. The van der Waals surface area contributed by atoms with Crippen LogP contribution in [0.3, 0.4) is 0 Å². The van der Waals surface area contributed by atoms with E-state index in [4.69, 9.17) is 4.74 Å². The fourth-order valence-electron chi connectivity index (χ4n) is 3.24. The van der Waals surface area contributed by atoms with Crippen LogP contribution in [0.5, 0.6) is 0 Å². The number of urea groups is 1. The van der Waals surface area contributed by atoms with E-state index in [1.807, 2.05) is 6.92 Å². The summed E-state index contributed by atoms with van der Waals surface area (Å²) in [6, 6.07) is 4.36. The number of aliphatic hydroxyl groups is 1. The van der Waals surface area contributed by atoms with Gasteiger partial charge in [-0.2, -0.15) is 4.31 Å². The highest BCUT2D eigenvalue weighted by molar-refractivity contribution is 7.89. The van der Waals surface area contributed by atoms with Crippen molar-refractivity contribution in [3.05, 3.63) is 42.6 Å². The zero-order chi connectivity index (χ0) is 24.8. The molecule has 10 nitrogen and oxygen atoms in total. The lowest BCUT2D eigenvalue weighted by molar-refractivity contribution is 0.0305. The molecule has 12 heteroatoms. The highest BCUT2D eigenvalue weighted by Crippen LogP contribution is 2.18. The first-order chi connectivity index (χ1) is 15.5. The number of rotatable bonds is 11. The highest BCUT2D eigenvalue weighted by atomic mass is 32.2. The predicted molar refractivity (Wildman–Crippen MR) is 122 cm³/mol. The van der Waals surface area contributed by atoms with Crippen LogP contribution in [0, 0.1) is 11.7 Å². The first-order valence-electron chi connectivity index (χ1n) is 10.4. The molecule has 3 atom stereocenters. The molecule has 33 heavy (non-hydrogen) atoms. The number of aromatic nitrogens is 2. The molecule has 0 radical (unpaired) electrons. The van der Waals surface area contributed by atoms with Crippen LogP contribution in [0.15, 0.2) is 41.8 Å². The topological polar surface area (TPSA) is 117 Å². The number of anilines is 1. The van der Waals surface area contributed by atoms with Crippen LogP contribution < -0.4 is 5.32 Å². The Kier molecular flexibility index (Phi) is 9.35. The second-order valence-corrected chi connectivity index (χ2v) is 10.0. The van der Waals surface area contributed by atoms with Crippen molar-refractivity contribution >= 4 is 21.7 Å². The molecule has 2 N–H and O–H groups in total. The minimum Gasteiger partial charge on any atom is -0.394 e. The summed E-state index contributed by atoms with van der Waals surface area (Å²) in [5.74, 6) is -0.709. The number of amides is 2. The first kappa shape index (κ1) is 26.7. The van der Waals surface area contributed by atoms with Gasteiger partial charge in [0.15, 0.2) is 5.03 Å². The molecule has 0 unspecified atom stereocenters. The van der Waals surface area contributed by atoms with Gasteiger partial charge in [-0.15, -0.1) is 0 Å². The SMILES string of the molecule is CO[C@H](CN(C)S(=O)(=O)c1cn(C)cn1)[C@@H](C)CN(C(=O)Nc1ccc(F)cc1)[C@@H](C)CO. The third-order valence-corrected chi connectivity index (χ3v) is 7.08. The largest absolute Gasteiger partial charge is 0.394 e. The number of carbonyl (C=O) groups is 1. The lowest BCUT2D eigenvalue weighted by atomic mass is 10.0. The molecular formula is C21H32FN5O5S. The fourth-order valence-corrected chi connectivity index (χ4v) is 4.38. The molecule has 0 aliphatic rings. The predicted octanol–water partition coefficient (Wildman–Crippen LogP) is 1.75. The molecule has 1 aromatic heterocycles. The van der Waals surface area contributed by atoms with E-state index in [0.717, 1.165) is 0 Å². The molecule has 2 aromatic rings. The van der Waals surface area contributed by atoms with E-state index in [1.165, 1.54) is 60.2 Å². The maximum atomic E-state index is 13.1. The van der Waals surface area contributed by atoms with Crippen LogP contribution in [0.25, 0.3) is 0 Å². The summed E-state index contributed by atoms with van der Waals surface area (Å²) in [6.07, 6.45) is 2.28. The molecule has 0 fully saturated rings. The van der Waals surface area contributed by atoms with Crippen LogP contribution in [0.1, 0.15) is 13.8 Å². The molecule has 2 amide bonds. The number of hydrogen-bond acceptors (Lipinski definition) is 6. The fraction of sp³-hybridized carbons (Fsp3) is 0.524. The molecular weight excluding hydrogens is 453 g/mol. The molecule has 2 rings (SSSR count). The van der Waals surface area contributed by atoms with Gasteiger partial charge in [-0.1, -0.05) is 6.92 Å². The summed E-state index contributed by atoms with van der Waals surface area (Å²) in [5.41, 5.74) is 0.411. The molecule has 0 saturated heterocycles. The Balaban J connectivity index is 2.11. The van der Waals surface area contributed by atoms with Gasteiger partial charge >= 0.3 is 6.03 Å². The Bertz CT molecular complexity index is 1010. The van der Waals surface area contributed by atoms with Crippen molar-refractivity contribution in [2.75, 3.05) is 39.2 Å². The number of likely N-dealkylation sites (N-methyl/N-ethyl adjacent to an activating group) is 1. The van der Waals surface area contributed by atoms with E-state index in [-0.39, 0.29) is 30.6 Å². The monoisotopic (exact) mass is 485 g/mol.